The predicted molar refractivity (Wildman–Crippen MR) is 80.4 cm³/mol. The second-order valence-electron chi connectivity index (χ2n) is 4.94. The number of aromatic nitrogens is 4. The van der Waals surface area contributed by atoms with Gasteiger partial charge >= 0.3 is 6.18 Å². The molecule has 0 atom stereocenters. The molecule has 0 aliphatic heterocycles. The summed E-state index contributed by atoms with van der Waals surface area (Å²) in [5, 5.41) is 7.57. The summed E-state index contributed by atoms with van der Waals surface area (Å²) in [6, 6.07) is 2.35. The van der Waals surface area contributed by atoms with Gasteiger partial charge in [-0.05, 0) is 18.2 Å². The van der Waals surface area contributed by atoms with E-state index in [1.54, 1.807) is 17.9 Å². The third-order valence-corrected chi connectivity index (χ3v) is 3.34. The monoisotopic (exact) mass is 337 g/mol. The maximum absolute atomic E-state index is 13.7. The Balaban J connectivity index is 1.81. The Kier molecular flexibility index (Phi) is 3.92. The normalized spacial score (nSPS) is 12.2. The molecule has 0 aliphatic carbocycles. The maximum atomic E-state index is 13.7. The summed E-state index contributed by atoms with van der Waals surface area (Å²) in [7, 11) is 1.73. The molecule has 3 aromatic rings. The first-order valence-corrected chi connectivity index (χ1v) is 6.79. The van der Waals surface area contributed by atoms with Crippen molar-refractivity contribution < 1.29 is 17.6 Å². The number of fused-ring (bicyclic) bond motifs is 1. The molecule has 0 spiro atoms. The van der Waals surface area contributed by atoms with E-state index in [4.69, 9.17) is 0 Å². The Morgan fingerprint density at radius 1 is 1.21 bits per heavy atom. The van der Waals surface area contributed by atoms with Gasteiger partial charge in [-0.15, -0.1) is 0 Å². The molecule has 2 heterocycles. The van der Waals surface area contributed by atoms with E-state index in [0.717, 1.165) is 12.1 Å². The summed E-state index contributed by atoms with van der Waals surface area (Å²) in [5.74, 6) is -0.506. The molecule has 124 valence electrons. The lowest BCUT2D eigenvalue weighted by molar-refractivity contribution is -0.137. The third kappa shape index (κ3) is 3.05. The Hall–Kier alpha value is -2.97. The zero-order valence-electron chi connectivity index (χ0n) is 12.3. The highest BCUT2D eigenvalue weighted by Crippen LogP contribution is 2.30. The van der Waals surface area contributed by atoms with Crippen molar-refractivity contribution >= 4 is 22.9 Å². The lowest BCUT2D eigenvalue weighted by Gasteiger charge is -2.07. The van der Waals surface area contributed by atoms with E-state index in [0.29, 0.717) is 22.9 Å². The van der Waals surface area contributed by atoms with Crippen molar-refractivity contribution in [2.24, 2.45) is 7.05 Å². The first-order valence-electron chi connectivity index (χ1n) is 6.79. The van der Waals surface area contributed by atoms with Gasteiger partial charge in [0.15, 0.2) is 5.65 Å². The van der Waals surface area contributed by atoms with Crippen molar-refractivity contribution in [3.05, 3.63) is 53.9 Å². The molecule has 3 rings (SSSR count). The van der Waals surface area contributed by atoms with Crippen LogP contribution < -0.4 is 5.32 Å². The van der Waals surface area contributed by atoms with Gasteiger partial charge in [-0.1, -0.05) is 6.07 Å². The molecule has 1 aromatic carbocycles. The number of rotatable bonds is 3. The highest BCUT2D eigenvalue weighted by Gasteiger charge is 2.30. The van der Waals surface area contributed by atoms with Crippen LogP contribution in [0.1, 0.15) is 11.1 Å². The quantitative estimate of drug-likeness (QED) is 0.742. The summed E-state index contributed by atoms with van der Waals surface area (Å²) in [4.78, 5) is 8.12. The number of hydrogen-bond donors (Lipinski definition) is 1. The van der Waals surface area contributed by atoms with Crippen LogP contribution >= 0.6 is 0 Å². The SMILES string of the molecule is Cn1ncc2c(NC=Cc3ccc(C(F)(F)F)cc3F)ncnc21. The van der Waals surface area contributed by atoms with Crippen LogP contribution in [0.15, 0.2) is 36.9 Å². The highest BCUT2D eigenvalue weighted by atomic mass is 19.4. The van der Waals surface area contributed by atoms with Gasteiger partial charge in [-0.2, -0.15) is 18.3 Å². The third-order valence-electron chi connectivity index (χ3n) is 3.34. The topological polar surface area (TPSA) is 55.6 Å². The molecule has 2 aromatic heterocycles. The molecule has 0 bridgehead atoms. The van der Waals surface area contributed by atoms with Crippen LogP contribution in [0, 0.1) is 5.82 Å². The van der Waals surface area contributed by atoms with E-state index in [2.05, 4.69) is 20.4 Å². The zero-order chi connectivity index (χ0) is 17.3. The van der Waals surface area contributed by atoms with E-state index < -0.39 is 17.6 Å². The summed E-state index contributed by atoms with van der Waals surface area (Å²) < 4.78 is 52.8. The largest absolute Gasteiger partial charge is 0.416 e. The van der Waals surface area contributed by atoms with E-state index in [-0.39, 0.29) is 5.56 Å². The fourth-order valence-corrected chi connectivity index (χ4v) is 2.13. The average Bonchev–Trinajstić information content (AvgIpc) is 2.90. The van der Waals surface area contributed by atoms with Crippen LogP contribution in [0.4, 0.5) is 23.4 Å². The molecule has 0 radical (unpaired) electrons. The van der Waals surface area contributed by atoms with Crippen LogP contribution in [0.5, 0.6) is 0 Å². The van der Waals surface area contributed by atoms with Crippen molar-refractivity contribution in [1.29, 1.82) is 0 Å². The fraction of sp³-hybridized carbons (Fsp3) is 0.133. The number of aryl methyl sites for hydroxylation is 1. The van der Waals surface area contributed by atoms with E-state index >= 15 is 0 Å². The minimum absolute atomic E-state index is 0.0204. The van der Waals surface area contributed by atoms with Gasteiger partial charge in [-0.3, -0.25) is 4.68 Å². The number of benzene rings is 1. The fourth-order valence-electron chi connectivity index (χ4n) is 2.13. The Morgan fingerprint density at radius 2 is 2.00 bits per heavy atom. The Bertz CT molecular complexity index is 914. The van der Waals surface area contributed by atoms with Crippen molar-refractivity contribution in [3.63, 3.8) is 0 Å². The van der Waals surface area contributed by atoms with E-state index in [1.165, 1.54) is 18.6 Å². The molecule has 0 saturated carbocycles. The lowest BCUT2D eigenvalue weighted by atomic mass is 10.1. The van der Waals surface area contributed by atoms with Crippen LogP contribution in [-0.2, 0) is 13.2 Å². The minimum atomic E-state index is -4.58. The molecule has 0 aliphatic rings. The number of hydrogen-bond acceptors (Lipinski definition) is 4. The van der Waals surface area contributed by atoms with Gasteiger partial charge in [-0.25, -0.2) is 14.4 Å². The van der Waals surface area contributed by atoms with Gasteiger partial charge in [0.25, 0.3) is 0 Å². The van der Waals surface area contributed by atoms with Crippen molar-refractivity contribution in [3.8, 4) is 0 Å². The molecular formula is C15H11F4N5. The Morgan fingerprint density at radius 3 is 2.71 bits per heavy atom. The summed E-state index contributed by atoms with van der Waals surface area (Å²) in [6.07, 6.45) is 1.05. The van der Waals surface area contributed by atoms with Crippen molar-refractivity contribution in [2.45, 2.75) is 6.18 Å². The molecule has 9 heteroatoms. The first-order chi connectivity index (χ1) is 11.4. The molecular weight excluding hydrogens is 326 g/mol. The van der Waals surface area contributed by atoms with Crippen LogP contribution in [0.25, 0.3) is 17.1 Å². The molecule has 0 amide bonds. The van der Waals surface area contributed by atoms with Gasteiger partial charge in [0.1, 0.15) is 18.0 Å². The first kappa shape index (κ1) is 15.9. The number of halogens is 4. The molecule has 0 saturated heterocycles. The van der Waals surface area contributed by atoms with Gasteiger partial charge in [0.05, 0.1) is 17.1 Å². The standard InChI is InChI=1S/C15H11F4N5/c1-24-14-11(7-23-24)13(21-8-22-14)20-5-4-9-2-3-10(6-12(9)16)15(17,18)19/h2-8H,1H3,(H,20,21,22). The minimum Gasteiger partial charge on any atom is -0.346 e. The van der Waals surface area contributed by atoms with Gasteiger partial charge < -0.3 is 5.32 Å². The smallest absolute Gasteiger partial charge is 0.346 e. The van der Waals surface area contributed by atoms with E-state index in [1.807, 2.05) is 0 Å². The summed E-state index contributed by atoms with van der Waals surface area (Å²) >= 11 is 0. The lowest BCUT2D eigenvalue weighted by Crippen LogP contribution is -2.05. The molecule has 24 heavy (non-hydrogen) atoms. The second-order valence-corrected chi connectivity index (χ2v) is 4.94. The number of nitrogens with zero attached hydrogens (tertiary/aromatic N) is 4. The molecule has 0 unspecified atom stereocenters. The molecule has 0 fully saturated rings. The number of anilines is 1. The summed E-state index contributed by atoms with van der Waals surface area (Å²) in [5.41, 5.74) is -0.397. The van der Waals surface area contributed by atoms with Crippen LogP contribution in [-0.4, -0.2) is 19.7 Å². The predicted octanol–water partition coefficient (Wildman–Crippen LogP) is 3.60. The Labute approximate surface area is 133 Å². The highest BCUT2D eigenvalue weighted by molar-refractivity contribution is 5.86. The van der Waals surface area contributed by atoms with Gasteiger partial charge in [0, 0.05) is 18.8 Å². The molecule has 1 N–H and O–H groups in total. The molecule has 5 nitrogen and oxygen atoms in total. The summed E-state index contributed by atoms with van der Waals surface area (Å²) in [6.45, 7) is 0. The number of alkyl halides is 3. The maximum Gasteiger partial charge on any atom is 0.416 e. The average molecular weight is 337 g/mol. The van der Waals surface area contributed by atoms with Gasteiger partial charge in [0.2, 0.25) is 0 Å². The van der Waals surface area contributed by atoms with Crippen LogP contribution in [0.3, 0.4) is 0 Å². The van der Waals surface area contributed by atoms with Crippen molar-refractivity contribution in [1.82, 2.24) is 19.7 Å². The van der Waals surface area contributed by atoms with Crippen LogP contribution in [0.2, 0.25) is 0 Å². The second kappa shape index (κ2) is 5.91. The zero-order valence-corrected chi connectivity index (χ0v) is 12.3. The van der Waals surface area contributed by atoms with E-state index in [9.17, 15) is 17.6 Å². The number of nitrogens with one attached hydrogen (secondary N) is 1. The van der Waals surface area contributed by atoms with Crippen molar-refractivity contribution in [2.75, 3.05) is 5.32 Å².